The van der Waals surface area contributed by atoms with Crippen LogP contribution in [0.25, 0.3) is 0 Å². The van der Waals surface area contributed by atoms with Crippen molar-refractivity contribution < 1.29 is 9.18 Å². The van der Waals surface area contributed by atoms with Gasteiger partial charge < -0.3 is 11.1 Å². The third-order valence-corrected chi connectivity index (χ3v) is 4.91. The summed E-state index contributed by atoms with van der Waals surface area (Å²) in [7, 11) is 0. The fraction of sp³-hybridized carbons (Fsp3) is 0.143. The Balaban J connectivity index is 1.65. The number of pyridine rings is 1. The number of carbonyl (C=O) groups is 1. The van der Waals surface area contributed by atoms with Gasteiger partial charge in [0.2, 0.25) is 0 Å². The molecule has 0 fully saturated rings. The first-order chi connectivity index (χ1) is 14.8. The molecule has 3 aromatic rings. The molecule has 3 N–H and O–H groups in total. The highest BCUT2D eigenvalue weighted by Crippen LogP contribution is 2.34. The van der Waals surface area contributed by atoms with Crippen molar-refractivity contribution >= 4 is 17.4 Å². The number of amidine groups is 1. The van der Waals surface area contributed by atoms with Gasteiger partial charge in [0.15, 0.2) is 5.69 Å². The minimum atomic E-state index is -1.10. The molecule has 9 nitrogen and oxygen atoms in total. The van der Waals surface area contributed by atoms with Gasteiger partial charge in [0.25, 0.3) is 5.91 Å². The number of carbonyl (C=O) groups excluding carboxylic acids is 1. The van der Waals surface area contributed by atoms with Crippen LogP contribution < -0.4 is 11.1 Å². The second-order valence-corrected chi connectivity index (χ2v) is 7.15. The van der Waals surface area contributed by atoms with Gasteiger partial charge in [-0.2, -0.15) is 15.6 Å². The Hall–Kier alpha value is -4.57. The number of hydrogen-bond donors (Lipinski definition) is 2. The zero-order valence-electron chi connectivity index (χ0n) is 16.3. The lowest BCUT2D eigenvalue weighted by Crippen LogP contribution is -2.37. The Bertz CT molecular complexity index is 1310. The molecule has 0 saturated heterocycles. The first-order valence-corrected chi connectivity index (χ1v) is 9.14. The highest BCUT2D eigenvalue weighted by atomic mass is 19.1. The van der Waals surface area contributed by atoms with Crippen LogP contribution in [0.3, 0.4) is 0 Å². The zero-order chi connectivity index (χ0) is 22.2. The molecule has 0 bridgehead atoms. The summed E-state index contributed by atoms with van der Waals surface area (Å²) in [5, 5.41) is 24.7. The van der Waals surface area contributed by atoms with E-state index in [4.69, 9.17) is 16.3 Å². The second kappa shape index (κ2) is 7.35. The molecule has 4 rings (SSSR count). The first-order valence-electron chi connectivity index (χ1n) is 9.14. The number of hydrogen-bond acceptors (Lipinski definition) is 7. The Morgan fingerprint density at radius 3 is 2.74 bits per heavy atom. The number of nitrogens with zero attached hydrogens (tertiary/aromatic N) is 6. The summed E-state index contributed by atoms with van der Waals surface area (Å²) in [6, 6.07) is 12.4. The van der Waals surface area contributed by atoms with E-state index in [9.17, 15) is 9.18 Å². The normalized spacial score (nSPS) is 17.1. The van der Waals surface area contributed by atoms with Crippen LogP contribution >= 0.6 is 0 Å². The SMILES string of the molecule is CC1(c2cc(NC(=O)c3ccc(C#N)cn3)ccc2F)Cn2nc(C#N)cc2C(N)=N1. The van der Waals surface area contributed by atoms with Crippen molar-refractivity contribution in [3.8, 4) is 12.1 Å². The van der Waals surface area contributed by atoms with Crippen LogP contribution in [0.15, 0.2) is 47.6 Å². The number of nitrogens with one attached hydrogen (secondary N) is 1. The van der Waals surface area contributed by atoms with Gasteiger partial charge in [-0.15, -0.1) is 0 Å². The lowest BCUT2D eigenvalue weighted by molar-refractivity contribution is 0.102. The molecular weight excluding hydrogens is 399 g/mol. The number of rotatable bonds is 3. The summed E-state index contributed by atoms with van der Waals surface area (Å²) in [5.74, 6) is -0.894. The van der Waals surface area contributed by atoms with Crippen LogP contribution in [0.2, 0.25) is 0 Å². The smallest absolute Gasteiger partial charge is 0.274 e. The van der Waals surface area contributed by atoms with E-state index in [0.29, 0.717) is 16.9 Å². The molecule has 1 aliphatic rings. The maximum absolute atomic E-state index is 14.8. The summed E-state index contributed by atoms with van der Waals surface area (Å²) < 4.78 is 16.3. The average molecular weight is 414 g/mol. The third-order valence-electron chi connectivity index (χ3n) is 4.91. The molecule has 0 spiro atoms. The molecule has 1 unspecified atom stereocenters. The first kappa shape index (κ1) is 19.7. The highest BCUT2D eigenvalue weighted by Gasteiger charge is 2.35. The molecule has 0 saturated carbocycles. The van der Waals surface area contributed by atoms with Crippen molar-refractivity contribution in [2.45, 2.75) is 19.0 Å². The summed E-state index contributed by atoms with van der Waals surface area (Å²) in [6.07, 6.45) is 1.29. The van der Waals surface area contributed by atoms with Gasteiger partial charge in [0.05, 0.1) is 12.1 Å². The number of aliphatic imine (C=N–C) groups is 1. The molecule has 1 aromatic carbocycles. The van der Waals surface area contributed by atoms with Crippen LogP contribution in [0.5, 0.6) is 0 Å². The van der Waals surface area contributed by atoms with Crippen LogP contribution in [-0.4, -0.2) is 26.5 Å². The molecule has 31 heavy (non-hydrogen) atoms. The number of nitrogens with two attached hydrogens (primary N) is 1. The molecule has 3 heterocycles. The fourth-order valence-corrected chi connectivity index (χ4v) is 3.40. The largest absolute Gasteiger partial charge is 0.382 e. The number of amides is 1. The van der Waals surface area contributed by atoms with E-state index >= 15 is 0 Å². The monoisotopic (exact) mass is 414 g/mol. The van der Waals surface area contributed by atoms with Crippen molar-refractivity contribution in [3.05, 3.63) is 76.6 Å². The van der Waals surface area contributed by atoms with Crippen molar-refractivity contribution in [1.82, 2.24) is 14.8 Å². The maximum atomic E-state index is 14.8. The predicted molar refractivity (Wildman–Crippen MR) is 108 cm³/mol. The Kier molecular flexibility index (Phi) is 4.68. The highest BCUT2D eigenvalue weighted by molar-refractivity contribution is 6.03. The topological polar surface area (TPSA) is 146 Å². The lowest BCUT2D eigenvalue weighted by Gasteiger charge is -2.31. The molecular formula is C21H15FN8O. The summed E-state index contributed by atoms with van der Waals surface area (Å²) in [5.41, 5.74) is 6.62. The maximum Gasteiger partial charge on any atom is 0.274 e. The van der Waals surface area contributed by atoms with Crippen molar-refractivity contribution in [2.24, 2.45) is 10.7 Å². The van der Waals surface area contributed by atoms with E-state index in [1.54, 1.807) is 6.92 Å². The molecule has 1 amide bonds. The minimum absolute atomic E-state index is 0.112. The van der Waals surface area contributed by atoms with Crippen LogP contribution in [-0.2, 0) is 12.1 Å². The summed E-state index contributed by atoms with van der Waals surface area (Å²) >= 11 is 0. The van der Waals surface area contributed by atoms with Gasteiger partial charge in [-0.25, -0.2) is 9.37 Å². The molecule has 1 aliphatic heterocycles. The quantitative estimate of drug-likeness (QED) is 0.671. The fourth-order valence-electron chi connectivity index (χ4n) is 3.40. The number of anilines is 1. The van der Waals surface area contributed by atoms with Gasteiger partial charge in [-0.05, 0) is 37.3 Å². The summed E-state index contributed by atoms with van der Waals surface area (Å²) in [4.78, 5) is 20.9. The van der Waals surface area contributed by atoms with Gasteiger partial charge in [0, 0.05) is 23.5 Å². The average Bonchev–Trinajstić information content (AvgIpc) is 3.18. The molecule has 0 radical (unpaired) electrons. The Morgan fingerprint density at radius 1 is 1.26 bits per heavy atom. The molecule has 2 aromatic heterocycles. The number of nitriles is 2. The van der Waals surface area contributed by atoms with E-state index in [1.807, 2.05) is 12.1 Å². The van der Waals surface area contributed by atoms with Crippen LogP contribution in [0.4, 0.5) is 10.1 Å². The lowest BCUT2D eigenvalue weighted by atomic mass is 9.90. The van der Waals surface area contributed by atoms with Gasteiger partial charge in [0.1, 0.15) is 40.7 Å². The summed E-state index contributed by atoms with van der Waals surface area (Å²) in [6.45, 7) is 1.86. The standard InChI is InChI=1S/C21H15FN8O/c1-21(11-30-18(19(25)28-21)7-14(9-24)29-30)15-6-13(3-4-16(15)22)27-20(31)17-5-2-12(8-23)10-26-17/h2-7,10H,11H2,1H3,(H2,25,28)(H,27,31). The second-order valence-electron chi connectivity index (χ2n) is 7.15. The molecule has 152 valence electrons. The Morgan fingerprint density at radius 2 is 2.06 bits per heavy atom. The number of halogens is 1. The number of aromatic nitrogens is 3. The predicted octanol–water partition coefficient (Wildman–Crippen LogP) is 2.05. The molecule has 1 atom stereocenters. The van der Waals surface area contributed by atoms with Gasteiger partial charge in [-0.1, -0.05) is 0 Å². The van der Waals surface area contributed by atoms with E-state index < -0.39 is 17.3 Å². The van der Waals surface area contributed by atoms with Crippen molar-refractivity contribution in [3.63, 3.8) is 0 Å². The molecule has 0 aliphatic carbocycles. The van der Waals surface area contributed by atoms with Crippen LogP contribution in [0, 0.1) is 28.5 Å². The third kappa shape index (κ3) is 3.58. The van der Waals surface area contributed by atoms with E-state index in [0.717, 1.165) is 0 Å². The van der Waals surface area contributed by atoms with Crippen molar-refractivity contribution in [2.75, 3.05) is 5.32 Å². The number of benzene rings is 1. The van der Waals surface area contributed by atoms with E-state index in [-0.39, 0.29) is 29.3 Å². The number of fused-ring (bicyclic) bond motifs is 1. The van der Waals surface area contributed by atoms with Crippen molar-refractivity contribution in [1.29, 1.82) is 10.5 Å². The molecule has 10 heteroatoms. The van der Waals surface area contributed by atoms with Crippen LogP contribution in [0.1, 0.15) is 39.9 Å². The van der Waals surface area contributed by atoms with Gasteiger partial charge in [-0.3, -0.25) is 14.5 Å². The van der Waals surface area contributed by atoms with Gasteiger partial charge >= 0.3 is 0 Å². The zero-order valence-corrected chi connectivity index (χ0v) is 16.3. The van der Waals surface area contributed by atoms with E-state index in [1.165, 1.54) is 47.3 Å². The minimum Gasteiger partial charge on any atom is -0.382 e. The Labute approximate surface area is 176 Å². The van der Waals surface area contributed by atoms with E-state index in [2.05, 4.69) is 20.4 Å².